The SMILES string of the molecule is C1C[CH2][AlH][O]C1.CCCCCCC. The molecule has 0 aromatic heterocycles. The van der Waals surface area contributed by atoms with Crippen molar-refractivity contribution in [3.8, 4) is 0 Å². The Morgan fingerprint density at radius 2 is 1.69 bits per heavy atom. The molecule has 0 amide bonds. The van der Waals surface area contributed by atoms with Gasteiger partial charge in [-0.25, -0.2) is 0 Å². The van der Waals surface area contributed by atoms with Gasteiger partial charge in [0, 0.05) is 6.61 Å². The highest BCUT2D eigenvalue weighted by atomic mass is 27.1. The van der Waals surface area contributed by atoms with Crippen LogP contribution in [-0.2, 0) is 3.79 Å². The second-order valence-corrected chi connectivity index (χ2v) is 5.26. The summed E-state index contributed by atoms with van der Waals surface area (Å²) in [5.41, 5.74) is 0. The van der Waals surface area contributed by atoms with Crippen LogP contribution in [0.4, 0.5) is 0 Å². The van der Waals surface area contributed by atoms with E-state index in [2.05, 4.69) is 13.8 Å². The van der Waals surface area contributed by atoms with Crippen LogP contribution >= 0.6 is 0 Å². The third kappa shape index (κ3) is 12.5. The van der Waals surface area contributed by atoms with E-state index in [0.29, 0.717) is 0 Å². The molecular weight excluding hydrogens is 175 g/mol. The first-order chi connectivity index (χ1) is 6.41. The van der Waals surface area contributed by atoms with Gasteiger partial charge in [0.25, 0.3) is 0 Å². The smallest absolute Gasteiger partial charge is 0.435 e. The van der Waals surface area contributed by atoms with Gasteiger partial charge in [0.1, 0.15) is 0 Å². The molecule has 13 heavy (non-hydrogen) atoms. The molecule has 1 saturated heterocycles. The highest BCUT2D eigenvalue weighted by Crippen LogP contribution is 2.01. The molecule has 0 saturated carbocycles. The molecule has 0 atom stereocenters. The van der Waals surface area contributed by atoms with E-state index in [0.717, 1.165) is 6.61 Å². The lowest BCUT2D eigenvalue weighted by Crippen LogP contribution is -2.06. The number of hydrogen-bond donors (Lipinski definition) is 0. The Morgan fingerprint density at radius 1 is 1.00 bits per heavy atom. The summed E-state index contributed by atoms with van der Waals surface area (Å²) in [4.78, 5) is 0. The van der Waals surface area contributed by atoms with Crippen molar-refractivity contribution in [1.29, 1.82) is 0 Å². The normalized spacial score (nSPS) is 15.5. The van der Waals surface area contributed by atoms with Crippen molar-refractivity contribution < 1.29 is 3.79 Å². The van der Waals surface area contributed by atoms with Gasteiger partial charge in [-0.15, -0.1) is 0 Å². The molecule has 78 valence electrons. The van der Waals surface area contributed by atoms with E-state index in [1.807, 2.05) is 0 Å². The van der Waals surface area contributed by atoms with Gasteiger partial charge in [0.05, 0.1) is 0 Å². The first-order valence-corrected chi connectivity index (χ1v) is 7.57. The standard InChI is InChI=1S/C7H16.C4H8O.Al.H/c1-3-5-7-6-4-2;1-2-3-4-5;;/h3-7H2,1-2H3;1-4H2;;/q;-1;+1;. The zero-order valence-electron chi connectivity index (χ0n) is 9.48. The van der Waals surface area contributed by atoms with Crippen molar-refractivity contribution in [1.82, 2.24) is 0 Å². The molecule has 0 aliphatic carbocycles. The lowest BCUT2D eigenvalue weighted by atomic mass is 10.2. The number of rotatable bonds is 4. The molecule has 1 heterocycles. The summed E-state index contributed by atoms with van der Waals surface area (Å²) in [6, 6.07) is 0. The average Bonchev–Trinajstić information content (AvgIpc) is 2.22. The predicted octanol–water partition coefficient (Wildman–Crippen LogP) is 3.54. The first kappa shape index (κ1) is 13.5. The molecule has 0 bridgehead atoms. The summed E-state index contributed by atoms with van der Waals surface area (Å²) < 4.78 is 5.21. The number of unbranched alkanes of at least 4 members (excludes halogenated alkanes) is 4. The maximum absolute atomic E-state index is 5.21. The largest absolute Gasteiger partial charge is 0.503 e. The quantitative estimate of drug-likeness (QED) is 0.498. The lowest BCUT2D eigenvalue weighted by molar-refractivity contribution is 0.304. The maximum atomic E-state index is 5.21. The fourth-order valence-corrected chi connectivity index (χ4v) is 2.53. The summed E-state index contributed by atoms with van der Waals surface area (Å²) in [5.74, 6) is 0. The van der Waals surface area contributed by atoms with Crippen molar-refractivity contribution in [2.75, 3.05) is 6.61 Å². The molecule has 1 aliphatic rings. The van der Waals surface area contributed by atoms with Gasteiger partial charge >= 0.3 is 15.6 Å². The van der Waals surface area contributed by atoms with E-state index >= 15 is 0 Å². The van der Waals surface area contributed by atoms with Gasteiger partial charge in [-0.2, -0.15) is 0 Å². The summed E-state index contributed by atoms with van der Waals surface area (Å²) >= 11 is 0.00849. The van der Waals surface area contributed by atoms with Gasteiger partial charge in [0.15, 0.2) is 0 Å². The highest BCUT2D eigenvalue weighted by molar-refractivity contribution is 6.27. The van der Waals surface area contributed by atoms with Gasteiger partial charge < -0.3 is 3.79 Å². The van der Waals surface area contributed by atoms with Gasteiger partial charge in [-0.1, -0.05) is 57.7 Å². The molecule has 0 unspecified atom stereocenters. The Labute approximate surface area is 90.3 Å². The van der Waals surface area contributed by atoms with Crippen molar-refractivity contribution in [3.63, 3.8) is 0 Å². The molecule has 0 aromatic carbocycles. The van der Waals surface area contributed by atoms with E-state index in [4.69, 9.17) is 3.79 Å². The van der Waals surface area contributed by atoms with E-state index in [9.17, 15) is 0 Å². The molecule has 2 heteroatoms. The minimum Gasteiger partial charge on any atom is -0.503 e. The van der Waals surface area contributed by atoms with Gasteiger partial charge in [-0.05, 0) is 6.42 Å². The van der Waals surface area contributed by atoms with E-state index < -0.39 is 0 Å². The zero-order chi connectivity index (χ0) is 9.78. The Balaban J connectivity index is 0.000000223. The Bertz CT molecular complexity index is 66.6. The van der Waals surface area contributed by atoms with E-state index in [-0.39, 0.29) is 15.6 Å². The van der Waals surface area contributed by atoms with Crippen LogP contribution in [0.25, 0.3) is 0 Å². The molecule has 1 rings (SSSR count). The van der Waals surface area contributed by atoms with E-state index in [1.54, 1.807) is 0 Å². The predicted molar refractivity (Wildman–Crippen MR) is 61.6 cm³/mol. The van der Waals surface area contributed by atoms with Crippen LogP contribution in [0.2, 0.25) is 5.28 Å². The van der Waals surface area contributed by atoms with Crippen LogP contribution in [0.1, 0.15) is 58.8 Å². The van der Waals surface area contributed by atoms with Crippen molar-refractivity contribution >= 4 is 15.6 Å². The maximum Gasteiger partial charge on any atom is 0.435 e. The third-order valence-corrected chi connectivity index (χ3v) is 3.65. The monoisotopic (exact) mass is 200 g/mol. The first-order valence-electron chi connectivity index (χ1n) is 5.99. The molecule has 0 N–H and O–H groups in total. The average molecular weight is 200 g/mol. The Kier molecular flexibility index (Phi) is 13.0. The Hall–Kier alpha value is 0.492. The van der Waals surface area contributed by atoms with Crippen LogP contribution < -0.4 is 0 Å². The molecule has 1 nitrogen and oxygen atoms in total. The molecular formula is C11H25AlO. The van der Waals surface area contributed by atoms with Crippen molar-refractivity contribution in [3.05, 3.63) is 0 Å². The van der Waals surface area contributed by atoms with Gasteiger partial charge in [-0.3, -0.25) is 0 Å². The third-order valence-electron chi connectivity index (χ3n) is 2.28. The fraction of sp³-hybridized carbons (Fsp3) is 1.00. The molecule has 0 aromatic rings. The fourth-order valence-electron chi connectivity index (χ4n) is 1.36. The minimum atomic E-state index is 0.00849. The van der Waals surface area contributed by atoms with Crippen LogP contribution in [0.3, 0.4) is 0 Å². The van der Waals surface area contributed by atoms with Crippen LogP contribution in [-0.4, -0.2) is 22.2 Å². The second-order valence-electron chi connectivity index (χ2n) is 3.73. The Morgan fingerprint density at radius 3 is 1.92 bits per heavy atom. The van der Waals surface area contributed by atoms with E-state index in [1.165, 1.54) is 50.2 Å². The molecule has 1 fully saturated rings. The summed E-state index contributed by atoms with van der Waals surface area (Å²) in [5, 5.41) is 1.42. The van der Waals surface area contributed by atoms with Crippen molar-refractivity contribution in [2.45, 2.75) is 64.1 Å². The molecule has 1 aliphatic heterocycles. The van der Waals surface area contributed by atoms with Crippen molar-refractivity contribution in [2.24, 2.45) is 0 Å². The zero-order valence-corrected chi connectivity index (χ0v) is 10.9. The number of hydrogen-bond acceptors (Lipinski definition) is 1. The van der Waals surface area contributed by atoms with Crippen LogP contribution in [0, 0.1) is 0 Å². The summed E-state index contributed by atoms with van der Waals surface area (Å²) in [7, 11) is 0. The van der Waals surface area contributed by atoms with Crippen LogP contribution in [0.15, 0.2) is 0 Å². The summed E-state index contributed by atoms with van der Waals surface area (Å²) in [6.45, 7) is 5.55. The second kappa shape index (κ2) is 12.5. The summed E-state index contributed by atoms with van der Waals surface area (Å²) in [6.07, 6.45) is 9.76. The van der Waals surface area contributed by atoms with Crippen LogP contribution in [0.5, 0.6) is 0 Å². The topological polar surface area (TPSA) is 9.23 Å². The lowest BCUT2D eigenvalue weighted by Gasteiger charge is -2.06. The minimum absolute atomic E-state index is 0.00849. The highest BCUT2D eigenvalue weighted by Gasteiger charge is 2.00. The van der Waals surface area contributed by atoms with Gasteiger partial charge in [0.2, 0.25) is 0 Å². The molecule has 0 spiro atoms. The molecule has 0 radical (unpaired) electrons.